The van der Waals surface area contributed by atoms with E-state index >= 15 is 0 Å². The van der Waals surface area contributed by atoms with Gasteiger partial charge in [0, 0.05) is 16.5 Å². The van der Waals surface area contributed by atoms with Crippen LogP contribution in [0.2, 0.25) is 0 Å². The van der Waals surface area contributed by atoms with E-state index in [1.807, 2.05) is 12.1 Å². The van der Waals surface area contributed by atoms with E-state index in [1.165, 1.54) is 4.90 Å². The molecular weight excluding hydrogens is 390 g/mol. The summed E-state index contributed by atoms with van der Waals surface area (Å²) in [5.41, 5.74) is 1.80. The summed E-state index contributed by atoms with van der Waals surface area (Å²) in [6.07, 6.45) is 0.619. The number of aromatic nitrogens is 2. The van der Waals surface area contributed by atoms with E-state index in [9.17, 15) is 4.79 Å². The van der Waals surface area contributed by atoms with Gasteiger partial charge in [0.25, 0.3) is 0 Å². The zero-order valence-corrected chi connectivity index (χ0v) is 17.4. The fraction of sp³-hybridized carbons (Fsp3) is 0.286. The van der Waals surface area contributed by atoms with Crippen molar-refractivity contribution in [2.24, 2.45) is 0 Å². The number of amides is 1. The van der Waals surface area contributed by atoms with Crippen molar-refractivity contribution in [3.63, 3.8) is 0 Å². The Labute approximate surface area is 173 Å². The number of anilines is 1. The SMILES string of the molecule is CCSc1ccc(Cc2nnc(NC(=O)Cc3ccc(OC)cc3OC)o2)cc1. The van der Waals surface area contributed by atoms with Crippen LogP contribution in [0.25, 0.3) is 0 Å². The number of hydrogen-bond donors (Lipinski definition) is 1. The third-order valence-corrected chi connectivity index (χ3v) is 5.04. The van der Waals surface area contributed by atoms with Gasteiger partial charge in [0.2, 0.25) is 11.8 Å². The molecule has 3 aromatic rings. The van der Waals surface area contributed by atoms with Gasteiger partial charge in [-0.05, 0) is 29.5 Å². The van der Waals surface area contributed by atoms with Crippen LogP contribution in [-0.4, -0.2) is 36.1 Å². The van der Waals surface area contributed by atoms with Gasteiger partial charge in [-0.15, -0.1) is 16.9 Å². The molecule has 1 heterocycles. The molecule has 0 fully saturated rings. The summed E-state index contributed by atoms with van der Waals surface area (Å²) in [4.78, 5) is 13.6. The van der Waals surface area contributed by atoms with Gasteiger partial charge in [0.1, 0.15) is 11.5 Å². The lowest BCUT2D eigenvalue weighted by atomic mass is 10.1. The number of carbonyl (C=O) groups is 1. The molecule has 2 aromatic carbocycles. The summed E-state index contributed by atoms with van der Waals surface area (Å²) in [5, 5.41) is 10.5. The van der Waals surface area contributed by atoms with Crippen molar-refractivity contribution in [3.05, 3.63) is 59.5 Å². The molecule has 0 saturated carbocycles. The highest BCUT2D eigenvalue weighted by molar-refractivity contribution is 7.99. The van der Waals surface area contributed by atoms with E-state index < -0.39 is 0 Å². The lowest BCUT2D eigenvalue weighted by Gasteiger charge is -2.09. The molecule has 0 atom stereocenters. The molecule has 0 aliphatic carbocycles. The molecule has 29 heavy (non-hydrogen) atoms. The summed E-state index contributed by atoms with van der Waals surface area (Å²) in [5.74, 6) is 2.45. The Hall–Kier alpha value is -3.00. The number of thioether (sulfide) groups is 1. The minimum Gasteiger partial charge on any atom is -0.497 e. The van der Waals surface area contributed by atoms with Crippen molar-refractivity contribution in [1.82, 2.24) is 10.2 Å². The van der Waals surface area contributed by atoms with E-state index in [-0.39, 0.29) is 18.3 Å². The van der Waals surface area contributed by atoms with Crippen LogP contribution in [0.4, 0.5) is 6.01 Å². The zero-order chi connectivity index (χ0) is 20.6. The maximum absolute atomic E-state index is 12.3. The van der Waals surface area contributed by atoms with Crippen LogP contribution in [0, 0.1) is 0 Å². The van der Waals surface area contributed by atoms with Gasteiger partial charge in [0.15, 0.2) is 0 Å². The van der Waals surface area contributed by atoms with Crippen molar-refractivity contribution in [1.29, 1.82) is 0 Å². The van der Waals surface area contributed by atoms with Crippen LogP contribution in [0.3, 0.4) is 0 Å². The second-order valence-electron chi connectivity index (χ2n) is 6.16. The number of rotatable bonds is 9. The van der Waals surface area contributed by atoms with Crippen LogP contribution >= 0.6 is 11.8 Å². The van der Waals surface area contributed by atoms with Gasteiger partial charge in [-0.25, -0.2) is 0 Å². The Kier molecular flexibility index (Phi) is 7.13. The van der Waals surface area contributed by atoms with Gasteiger partial charge in [-0.3, -0.25) is 10.1 Å². The van der Waals surface area contributed by atoms with Gasteiger partial charge < -0.3 is 13.9 Å². The highest BCUT2D eigenvalue weighted by Gasteiger charge is 2.14. The molecule has 3 rings (SSSR count). The first-order valence-electron chi connectivity index (χ1n) is 9.16. The molecule has 0 radical (unpaired) electrons. The zero-order valence-electron chi connectivity index (χ0n) is 16.6. The normalized spacial score (nSPS) is 10.6. The lowest BCUT2D eigenvalue weighted by molar-refractivity contribution is -0.115. The molecule has 0 spiro atoms. The fourth-order valence-electron chi connectivity index (χ4n) is 2.75. The fourth-order valence-corrected chi connectivity index (χ4v) is 3.42. The van der Waals surface area contributed by atoms with Gasteiger partial charge >= 0.3 is 6.01 Å². The molecule has 1 amide bonds. The molecular formula is C21H23N3O4S. The summed E-state index contributed by atoms with van der Waals surface area (Å²) in [6.45, 7) is 2.12. The van der Waals surface area contributed by atoms with Crippen LogP contribution < -0.4 is 14.8 Å². The van der Waals surface area contributed by atoms with Crippen LogP contribution in [0.1, 0.15) is 23.9 Å². The average molecular weight is 413 g/mol. The minimum atomic E-state index is -0.274. The number of ether oxygens (including phenoxy) is 2. The second kappa shape index (κ2) is 9.97. The molecule has 1 aromatic heterocycles. The first kappa shape index (κ1) is 20.7. The highest BCUT2D eigenvalue weighted by Crippen LogP contribution is 2.25. The number of hydrogen-bond acceptors (Lipinski definition) is 7. The van der Waals surface area contributed by atoms with Crippen LogP contribution in [0.5, 0.6) is 11.5 Å². The summed E-state index contributed by atoms with van der Waals surface area (Å²) in [6, 6.07) is 13.6. The molecule has 0 unspecified atom stereocenters. The second-order valence-corrected chi connectivity index (χ2v) is 7.49. The Balaban J connectivity index is 1.59. The van der Waals surface area contributed by atoms with E-state index in [0.29, 0.717) is 23.8 Å². The summed E-state index contributed by atoms with van der Waals surface area (Å²) >= 11 is 1.79. The maximum atomic E-state index is 12.3. The van der Waals surface area contributed by atoms with E-state index in [4.69, 9.17) is 13.9 Å². The first-order valence-corrected chi connectivity index (χ1v) is 10.1. The highest BCUT2D eigenvalue weighted by atomic mass is 32.2. The first-order chi connectivity index (χ1) is 14.1. The molecule has 0 saturated heterocycles. The van der Waals surface area contributed by atoms with Crippen molar-refractivity contribution < 1.29 is 18.7 Å². The number of benzene rings is 2. The maximum Gasteiger partial charge on any atom is 0.322 e. The molecule has 0 aliphatic heterocycles. The molecule has 152 valence electrons. The van der Waals surface area contributed by atoms with Crippen molar-refractivity contribution in [2.45, 2.75) is 24.7 Å². The number of nitrogens with one attached hydrogen (secondary N) is 1. The van der Waals surface area contributed by atoms with E-state index in [1.54, 1.807) is 44.2 Å². The predicted octanol–water partition coefficient (Wildman–Crippen LogP) is 3.97. The quantitative estimate of drug-likeness (QED) is 0.531. The van der Waals surface area contributed by atoms with Gasteiger partial charge in [-0.2, -0.15) is 0 Å². The monoisotopic (exact) mass is 413 g/mol. The standard InChI is InChI=1S/C21H23N3O4S/c1-4-29-17-9-5-14(6-10-17)11-20-23-24-21(28-20)22-19(25)12-15-7-8-16(26-2)13-18(15)27-3/h5-10,13H,4,11-12H2,1-3H3,(H,22,24,25). The third kappa shape index (κ3) is 5.74. The van der Waals surface area contributed by atoms with Crippen LogP contribution in [-0.2, 0) is 17.6 Å². The van der Waals surface area contributed by atoms with Gasteiger partial charge in [-0.1, -0.05) is 30.2 Å². The van der Waals surface area contributed by atoms with Crippen molar-refractivity contribution in [3.8, 4) is 11.5 Å². The van der Waals surface area contributed by atoms with Crippen molar-refractivity contribution >= 4 is 23.7 Å². The van der Waals surface area contributed by atoms with Crippen molar-refractivity contribution in [2.75, 3.05) is 25.3 Å². The smallest absolute Gasteiger partial charge is 0.322 e. The summed E-state index contributed by atoms with van der Waals surface area (Å²) in [7, 11) is 3.13. The Morgan fingerprint density at radius 3 is 2.59 bits per heavy atom. The molecule has 1 N–H and O–H groups in total. The lowest BCUT2D eigenvalue weighted by Crippen LogP contribution is -2.15. The molecule has 0 aliphatic rings. The number of nitrogens with zero attached hydrogens (tertiary/aromatic N) is 2. The Morgan fingerprint density at radius 2 is 1.90 bits per heavy atom. The number of carbonyl (C=O) groups excluding carboxylic acids is 1. The van der Waals surface area contributed by atoms with Gasteiger partial charge in [0.05, 0.1) is 27.1 Å². The van der Waals surface area contributed by atoms with E-state index in [0.717, 1.165) is 16.9 Å². The van der Waals surface area contributed by atoms with E-state index in [2.05, 4.69) is 34.6 Å². The molecule has 0 bridgehead atoms. The minimum absolute atomic E-state index is 0.0793. The Morgan fingerprint density at radius 1 is 1.10 bits per heavy atom. The number of methoxy groups -OCH3 is 2. The van der Waals surface area contributed by atoms with Crippen LogP contribution in [0.15, 0.2) is 51.8 Å². The predicted molar refractivity (Wildman–Crippen MR) is 112 cm³/mol. The Bertz CT molecular complexity index is 957. The topological polar surface area (TPSA) is 86.5 Å². The average Bonchev–Trinajstić information content (AvgIpc) is 3.16. The molecule has 8 heteroatoms. The third-order valence-electron chi connectivity index (χ3n) is 4.15. The summed E-state index contributed by atoms with van der Waals surface area (Å²) < 4.78 is 16.0. The largest absolute Gasteiger partial charge is 0.497 e. The molecule has 7 nitrogen and oxygen atoms in total.